The first-order valence-corrected chi connectivity index (χ1v) is 6.28. The molecule has 0 saturated carbocycles. The van der Waals surface area contributed by atoms with E-state index in [4.69, 9.17) is 10.9 Å². The summed E-state index contributed by atoms with van der Waals surface area (Å²) in [6.45, 7) is 5.04. The lowest BCUT2D eigenvalue weighted by atomic mass is 10.1. The zero-order valence-corrected chi connectivity index (χ0v) is 10.5. The highest BCUT2D eigenvalue weighted by Crippen LogP contribution is 2.15. The lowest BCUT2D eigenvalue weighted by Gasteiger charge is -2.15. The molecule has 16 heavy (non-hydrogen) atoms. The number of nitrogens with two attached hydrogens (primary N) is 1. The van der Waals surface area contributed by atoms with Crippen molar-refractivity contribution >= 4 is 17.2 Å². The Kier molecular flexibility index (Phi) is 5.28. The molecule has 4 nitrogen and oxygen atoms in total. The van der Waals surface area contributed by atoms with Crippen molar-refractivity contribution in [2.24, 2.45) is 10.9 Å². The molecule has 5 heteroatoms. The molecule has 0 fully saturated rings. The molecule has 1 heterocycles. The number of oxime groups is 1. The van der Waals surface area contributed by atoms with Gasteiger partial charge in [0.05, 0.1) is 0 Å². The van der Waals surface area contributed by atoms with Gasteiger partial charge < -0.3 is 16.3 Å². The summed E-state index contributed by atoms with van der Waals surface area (Å²) in [5, 5.41) is 17.0. The van der Waals surface area contributed by atoms with Gasteiger partial charge in [0.1, 0.15) is 5.84 Å². The highest BCUT2D eigenvalue weighted by Gasteiger charge is 2.09. The van der Waals surface area contributed by atoms with Crippen LogP contribution in [0.25, 0.3) is 0 Å². The molecule has 1 rings (SSSR count). The van der Waals surface area contributed by atoms with Gasteiger partial charge in [-0.05, 0) is 30.4 Å². The zero-order valence-electron chi connectivity index (χ0n) is 9.73. The van der Waals surface area contributed by atoms with Gasteiger partial charge in [-0.1, -0.05) is 12.1 Å². The topological polar surface area (TPSA) is 70.6 Å². The summed E-state index contributed by atoms with van der Waals surface area (Å²) in [7, 11) is 0. The quantitative estimate of drug-likeness (QED) is 0.309. The average Bonchev–Trinajstić information content (AvgIpc) is 2.69. The van der Waals surface area contributed by atoms with Crippen LogP contribution < -0.4 is 11.1 Å². The largest absolute Gasteiger partial charge is 0.409 e. The molecule has 0 aliphatic heterocycles. The van der Waals surface area contributed by atoms with Crippen LogP contribution >= 0.6 is 11.3 Å². The monoisotopic (exact) mass is 241 g/mol. The average molecular weight is 241 g/mol. The number of nitrogens with one attached hydrogen (secondary N) is 1. The maximum Gasteiger partial charge on any atom is 0.140 e. The van der Waals surface area contributed by atoms with E-state index in [1.165, 1.54) is 10.4 Å². The number of rotatable bonds is 6. The lowest BCUT2D eigenvalue weighted by Crippen LogP contribution is -2.32. The first kappa shape index (κ1) is 13.0. The van der Waals surface area contributed by atoms with E-state index in [-0.39, 0.29) is 11.9 Å². The second-order valence-corrected chi connectivity index (χ2v) is 4.81. The summed E-state index contributed by atoms with van der Waals surface area (Å²) in [6.07, 6.45) is 1.54. The normalized spacial score (nSPS) is 14.0. The van der Waals surface area contributed by atoms with Crippen LogP contribution in [0.15, 0.2) is 16.6 Å². The van der Waals surface area contributed by atoms with Crippen LogP contribution in [0.4, 0.5) is 0 Å². The lowest BCUT2D eigenvalue weighted by molar-refractivity contribution is 0.315. The van der Waals surface area contributed by atoms with Crippen LogP contribution in [0.2, 0.25) is 0 Å². The maximum atomic E-state index is 8.51. The van der Waals surface area contributed by atoms with Gasteiger partial charge in [0.2, 0.25) is 0 Å². The van der Waals surface area contributed by atoms with E-state index in [9.17, 15) is 0 Å². The van der Waals surface area contributed by atoms with Crippen LogP contribution in [-0.4, -0.2) is 17.1 Å². The minimum atomic E-state index is 0.261. The molecule has 0 aliphatic rings. The fraction of sp³-hybridized carbons (Fsp3) is 0.545. The van der Waals surface area contributed by atoms with Crippen LogP contribution in [0.1, 0.15) is 30.2 Å². The molecule has 1 atom stereocenters. The summed E-state index contributed by atoms with van der Waals surface area (Å²) in [4.78, 5) is 1.35. The van der Waals surface area contributed by atoms with Crippen LogP contribution in [0.3, 0.4) is 0 Å². The van der Waals surface area contributed by atoms with Gasteiger partial charge >= 0.3 is 0 Å². The Morgan fingerprint density at radius 1 is 1.69 bits per heavy atom. The van der Waals surface area contributed by atoms with Crippen molar-refractivity contribution in [3.05, 3.63) is 21.9 Å². The van der Waals surface area contributed by atoms with Crippen molar-refractivity contribution in [3.8, 4) is 0 Å². The minimum absolute atomic E-state index is 0.261. The Balaban J connectivity index is 2.43. The van der Waals surface area contributed by atoms with Gasteiger partial charge in [-0.15, -0.1) is 11.3 Å². The van der Waals surface area contributed by atoms with Crippen molar-refractivity contribution in [2.45, 2.75) is 39.3 Å². The van der Waals surface area contributed by atoms with Crippen LogP contribution in [0, 0.1) is 6.92 Å². The van der Waals surface area contributed by atoms with E-state index in [2.05, 4.69) is 35.8 Å². The van der Waals surface area contributed by atoms with Gasteiger partial charge in [-0.2, -0.15) is 0 Å². The first-order valence-electron chi connectivity index (χ1n) is 5.40. The molecular weight excluding hydrogens is 222 g/mol. The molecular formula is C11H19N3OS. The molecule has 0 aromatic carbocycles. The third-order valence-corrected chi connectivity index (χ3v) is 3.62. The summed E-state index contributed by atoms with van der Waals surface area (Å²) in [5.41, 5.74) is 6.81. The minimum Gasteiger partial charge on any atom is -0.409 e. The molecule has 90 valence electrons. The molecule has 0 aliphatic carbocycles. The van der Waals surface area contributed by atoms with E-state index < -0.39 is 0 Å². The summed E-state index contributed by atoms with van der Waals surface area (Å²) in [6, 6.07) is 2.38. The summed E-state index contributed by atoms with van der Waals surface area (Å²) < 4.78 is 0. The molecule has 0 spiro atoms. The van der Waals surface area contributed by atoms with Crippen LogP contribution in [0.5, 0.6) is 0 Å². The molecule has 0 amide bonds. The van der Waals surface area contributed by atoms with Crippen molar-refractivity contribution in [2.75, 3.05) is 0 Å². The maximum absolute atomic E-state index is 8.51. The zero-order chi connectivity index (χ0) is 12.0. The van der Waals surface area contributed by atoms with E-state index in [0.717, 1.165) is 13.0 Å². The number of nitrogens with zero attached hydrogens (tertiary/aromatic N) is 1. The Morgan fingerprint density at radius 3 is 2.94 bits per heavy atom. The number of hydrogen-bond donors (Lipinski definition) is 3. The smallest absolute Gasteiger partial charge is 0.140 e. The molecule has 1 aromatic rings. The van der Waals surface area contributed by atoms with Gasteiger partial charge in [0, 0.05) is 23.9 Å². The number of amidine groups is 1. The van der Waals surface area contributed by atoms with Gasteiger partial charge in [0.15, 0.2) is 0 Å². The Bertz CT molecular complexity index is 349. The van der Waals surface area contributed by atoms with E-state index in [1.54, 1.807) is 11.3 Å². The summed E-state index contributed by atoms with van der Waals surface area (Å²) in [5.74, 6) is 0.280. The molecule has 1 unspecified atom stereocenters. The Hall–Kier alpha value is -1.07. The third kappa shape index (κ3) is 3.83. The SMILES string of the molecule is CCC(CC(N)=NO)NCc1sccc1C. The van der Waals surface area contributed by atoms with Gasteiger partial charge in [-0.3, -0.25) is 0 Å². The number of thiophene rings is 1. The molecule has 4 N–H and O–H groups in total. The van der Waals surface area contributed by atoms with E-state index in [1.807, 2.05) is 0 Å². The Morgan fingerprint density at radius 2 is 2.44 bits per heavy atom. The third-order valence-electron chi connectivity index (χ3n) is 2.60. The van der Waals surface area contributed by atoms with Crippen molar-refractivity contribution in [3.63, 3.8) is 0 Å². The van der Waals surface area contributed by atoms with Crippen molar-refractivity contribution in [1.82, 2.24) is 5.32 Å². The summed E-state index contributed by atoms with van der Waals surface area (Å²) >= 11 is 1.75. The fourth-order valence-corrected chi connectivity index (χ4v) is 2.33. The highest BCUT2D eigenvalue weighted by molar-refractivity contribution is 7.10. The van der Waals surface area contributed by atoms with Crippen molar-refractivity contribution < 1.29 is 5.21 Å². The molecule has 1 aromatic heterocycles. The second kappa shape index (κ2) is 6.50. The molecule has 0 saturated heterocycles. The fourth-order valence-electron chi connectivity index (χ4n) is 1.48. The highest BCUT2D eigenvalue weighted by atomic mass is 32.1. The number of hydrogen-bond acceptors (Lipinski definition) is 4. The van der Waals surface area contributed by atoms with E-state index >= 15 is 0 Å². The van der Waals surface area contributed by atoms with Crippen LogP contribution in [-0.2, 0) is 6.54 Å². The molecule has 0 radical (unpaired) electrons. The standard InChI is InChI=1S/C11H19N3OS/c1-3-9(6-11(12)14-15)13-7-10-8(2)4-5-16-10/h4-5,9,13,15H,3,6-7H2,1-2H3,(H2,12,14). The first-order chi connectivity index (χ1) is 7.67. The molecule has 0 bridgehead atoms. The van der Waals surface area contributed by atoms with Gasteiger partial charge in [-0.25, -0.2) is 0 Å². The number of aryl methyl sites for hydroxylation is 1. The Labute approximate surface area is 100 Å². The predicted octanol–water partition coefficient (Wildman–Crippen LogP) is 2.06. The van der Waals surface area contributed by atoms with Gasteiger partial charge in [0.25, 0.3) is 0 Å². The van der Waals surface area contributed by atoms with E-state index in [0.29, 0.717) is 6.42 Å². The van der Waals surface area contributed by atoms with Crippen molar-refractivity contribution in [1.29, 1.82) is 0 Å². The second-order valence-electron chi connectivity index (χ2n) is 3.81. The predicted molar refractivity (Wildman–Crippen MR) is 68.0 cm³/mol.